The van der Waals surface area contributed by atoms with Gasteiger partial charge in [0.05, 0.1) is 6.61 Å². The molecule has 3 heteroatoms. The molecule has 0 radical (unpaired) electrons. The molecule has 2 N–H and O–H groups in total. The molecular formula is C12H24N2O. The van der Waals surface area contributed by atoms with Gasteiger partial charge in [0.15, 0.2) is 0 Å². The second-order valence-electron chi connectivity index (χ2n) is 5.08. The highest BCUT2D eigenvalue weighted by Gasteiger charge is 2.26. The van der Waals surface area contributed by atoms with Crippen LogP contribution in [-0.4, -0.2) is 30.6 Å². The zero-order chi connectivity index (χ0) is 10.5. The van der Waals surface area contributed by atoms with E-state index in [-0.39, 0.29) is 0 Å². The monoisotopic (exact) mass is 212 g/mol. The summed E-state index contributed by atoms with van der Waals surface area (Å²) in [6.45, 7) is 3.34. The second-order valence-corrected chi connectivity index (χ2v) is 5.08. The van der Waals surface area contributed by atoms with Gasteiger partial charge in [-0.2, -0.15) is 0 Å². The van der Waals surface area contributed by atoms with Crippen molar-refractivity contribution in [2.45, 2.75) is 51.0 Å². The molecule has 1 aliphatic heterocycles. The lowest BCUT2D eigenvalue weighted by atomic mass is 9.93. The van der Waals surface area contributed by atoms with E-state index >= 15 is 0 Å². The Morgan fingerprint density at radius 1 is 1.07 bits per heavy atom. The van der Waals surface area contributed by atoms with Gasteiger partial charge >= 0.3 is 0 Å². The minimum Gasteiger partial charge on any atom is -0.305 e. The Morgan fingerprint density at radius 2 is 1.73 bits per heavy atom. The Labute approximate surface area is 92.9 Å². The number of nitrogens with zero attached hydrogens (tertiary/aromatic N) is 1. The lowest BCUT2D eigenvalue weighted by Crippen LogP contribution is -2.40. The Hall–Kier alpha value is -0.120. The predicted octanol–water partition coefficient (Wildman–Crippen LogP) is 1.92. The van der Waals surface area contributed by atoms with E-state index in [0.717, 1.165) is 25.0 Å². The zero-order valence-corrected chi connectivity index (χ0v) is 9.66. The summed E-state index contributed by atoms with van der Waals surface area (Å²) in [5.74, 6) is 5.92. The second kappa shape index (κ2) is 5.83. The largest absolute Gasteiger partial charge is 0.305 e. The molecule has 15 heavy (non-hydrogen) atoms. The van der Waals surface area contributed by atoms with Crippen LogP contribution in [0.15, 0.2) is 0 Å². The molecule has 0 bridgehead atoms. The average molecular weight is 212 g/mol. The lowest BCUT2D eigenvalue weighted by Gasteiger charge is -2.35. The fourth-order valence-electron chi connectivity index (χ4n) is 3.11. The fraction of sp³-hybridized carbons (Fsp3) is 1.00. The maximum absolute atomic E-state index is 5.06. The first-order valence-corrected chi connectivity index (χ1v) is 6.46. The summed E-state index contributed by atoms with van der Waals surface area (Å²) in [6, 6.07) is 0.914. The molecule has 2 rings (SSSR count). The van der Waals surface area contributed by atoms with Crippen LogP contribution in [0.2, 0.25) is 0 Å². The van der Waals surface area contributed by atoms with E-state index in [1.807, 2.05) is 0 Å². The van der Waals surface area contributed by atoms with Crippen LogP contribution in [0.5, 0.6) is 0 Å². The van der Waals surface area contributed by atoms with Crippen molar-refractivity contribution in [3.05, 3.63) is 0 Å². The molecule has 0 amide bonds. The summed E-state index contributed by atoms with van der Waals surface area (Å²) in [5.41, 5.74) is 0. The Balaban J connectivity index is 1.67. The van der Waals surface area contributed by atoms with Crippen LogP contribution in [0.4, 0.5) is 0 Å². The van der Waals surface area contributed by atoms with Crippen LogP contribution in [0.3, 0.4) is 0 Å². The van der Waals surface area contributed by atoms with E-state index in [0.29, 0.717) is 0 Å². The van der Waals surface area contributed by atoms with Crippen molar-refractivity contribution in [3.8, 4) is 0 Å². The van der Waals surface area contributed by atoms with Crippen LogP contribution >= 0.6 is 0 Å². The van der Waals surface area contributed by atoms with Crippen LogP contribution in [0.25, 0.3) is 0 Å². The third-order valence-electron chi connectivity index (χ3n) is 4.13. The third-order valence-corrected chi connectivity index (χ3v) is 4.13. The maximum Gasteiger partial charge on any atom is 0.0681 e. The van der Waals surface area contributed by atoms with Gasteiger partial charge in [0.1, 0.15) is 0 Å². The highest BCUT2D eigenvalue weighted by atomic mass is 16.6. The molecule has 1 saturated carbocycles. The molecule has 0 spiro atoms. The van der Waals surface area contributed by atoms with Crippen LogP contribution in [-0.2, 0) is 4.84 Å². The molecule has 88 valence electrons. The number of likely N-dealkylation sites (tertiary alicyclic amines) is 1. The molecular weight excluding hydrogens is 188 g/mol. The first-order chi connectivity index (χ1) is 7.40. The molecule has 0 unspecified atom stereocenters. The molecule has 0 aromatic carbocycles. The van der Waals surface area contributed by atoms with Gasteiger partial charge in [0.2, 0.25) is 0 Å². The standard InChI is InChI=1S/C12H24N2O/c13-15-10-7-11-5-8-14(9-6-11)12-3-1-2-4-12/h11-12H,1-10,13H2. The molecule has 2 aliphatic rings. The number of hydrogen-bond donors (Lipinski definition) is 1. The highest BCUT2D eigenvalue weighted by Crippen LogP contribution is 2.28. The molecule has 1 heterocycles. The van der Waals surface area contributed by atoms with Crippen molar-refractivity contribution in [2.75, 3.05) is 19.7 Å². The van der Waals surface area contributed by atoms with Gasteiger partial charge in [0.25, 0.3) is 0 Å². The average Bonchev–Trinajstić information content (AvgIpc) is 2.80. The van der Waals surface area contributed by atoms with Crippen molar-refractivity contribution in [1.82, 2.24) is 4.90 Å². The summed E-state index contributed by atoms with van der Waals surface area (Å²) >= 11 is 0. The van der Waals surface area contributed by atoms with E-state index < -0.39 is 0 Å². The minimum atomic E-state index is 0.730. The minimum absolute atomic E-state index is 0.730. The van der Waals surface area contributed by atoms with Crippen molar-refractivity contribution < 1.29 is 4.84 Å². The molecule has 0 aromatic rings. The summed E-state index contributed by atoms with van der Waals surface area (Å²) in [6.07, 6.45) is 9.62. The van der Waals surface area contributed by atoms with Gasteiger partial charge in [-0.3, -0.25) is 0 Å². The Morgan fingerprint density at radius 3 is 2.33 bits per heavy atom. The third kappa shape index (κ3) is 3.16. The maximum atomic E-state index is 5.06. The van der Waals surface area contributed by atoms with Gasteiger partial charge in [-0.25, -0.2) is 5.90 Å². The molecule has 3 nitrogen and oxygen atoms in total. The number of piperidine rings is 1. The smallest absolute Gasteiger partial charge is 0.0681 e. The predicted molar refractivity (Wildman–Crippen MR) is 61.3 cm³/mol. The van der Waals surface area contributed by atoms with Crippen molar-refractivity contribution in [1.29, 1.82) is 0 Å². The van der Waals surface area contributed by atoms with Gasteiger partial charge in [-0.1, -0.05) is 12.8 Å². The molecule has 1 saturated heterocycles. The van der Waals surface area contributed by atoms with Gasteiger partial charge in [-0.15, -0.1) is 0 Å². The Kier molecular flexibility index (Phi) is 4.42. The number of rotatable bonds is 4. The first-order valence-electron chi connectivity index (χ1n) is 6.46. The van der Waals surface area contributed by atoms with E-state index in [1.165, 1.54) is 51.6 Å². The highest BCUT2D eigenvalue weighted by molar-refractivity contribution is 4.81. The van der Waals surface area contributed by atoms with Crippen LogP contribution in [0, 0.1) is 5.92 Å². The van der Waals surface area contributed by atoms with Gasteiger partial charge < -0.3 is 9.74 Å². The van der Waals surface area contributed by atoms with Crippen molar-refractivity contribution in [2.24, 2.45) is 11.8 Å². The Bertz CT molecular complexity index is 172. The fourth-order valence-corrected chi connectivity index (χ4v) is 3.11. The summed E-state index contributed by atoms with van der Waals surface area (Å²) in [4.78, 5) is 7.37. The normalized spacial score (nSPS) is 26.2. The van der Waals surface area contributed by atoms with Crippen molar-refractivity contribution in [3.63, 3.8) is 0 Å². The van der Waals surface area contributed by atoms with Crippen LogP contribution in [0.1, 0.15) is 44.9 Å². The SMILES string of the molecule is NOCCC1CCN(C2CCCC2)CC1. The van der Waals surface area contributed by atoms with Gasteiger partial charge in [0, 0.05) is 6.04 Å². The number of hydrogen-bond acceptors (Lipinski definition) is 3. The van der Waals surface area contributed by atoms with E-state index in [2.05, 4.69) is 9.74 Å². The first kappa shape index (κ1) is 11.4. The van der Waals surface area contributed by atoms with E-state index in [1.54, 1.807) is 0 Å². The van der Waals surface area contributed by atoms with Crippen LogP contribution < -0.4 is 5.90 Å². The molecule has 1 aliphatic carbocycles. The van der Waals surface area contributed by atoms with Crippen molar-refractivity contribution >= 4 is 0 Å². The summed E-state index contributed by atoms with van der Waals surface area (Å²) in [7, 11) is 0. The summed E-state index contributed by atoms with van der Waals surface area (Å²) in [5, 5.41) is 0. The molecule has 0 aromatic heterocycles. The van der Waals surface area contributed by atoms with Gasteiger partial charge in [-0.05, 0) is 51.1 Å². The zero-order valence-electron chi connectivity index (χ0n) is 9.66. The quantitative estimate of drug-likeness (QED) is 0.724. The molecule has 2 fully saturated rings. The lowest BCUT2D eigenvalue weighted by molar-refractivity contribution is 0.0902. The van der Waals surface area contributed by atoms with E-state index in [9.17, 15) is 0 Å². The number of nitrogens with two attached hydrogens (primary N) is 1. The summed E-state index contributed by atoms with van der Waals surface area (Å²) < 4.78 is 0. The topological polar surface area (TPSA) is 38.5 Å². The van der Waals surface area contributed by atoms with E-state index in [4.69, 9.17) is 5.90 Å². The molecule has 0 atom stereocenters.